The number of hydrogen-bond donors (Lipinski definition) is 2. The molecular formula is C11H10BrClN2O3S. The third-order valence-corrected chi connectivity index (χ3v) is 3.89. The molecule has 2 aromatic rings. The van der Waals surface area contributed by atoms with Gasteiger partial charge in [0.15, 0.2) is 0 Å². The van der Waals surface area contributed by atoms with Crippen LogP contribution in [0.3, 0.4) is 0 Å². The van der Waals surface area contributed by atoms with Gasteiger partial charge in [-0.15, -0.1) is 0 Å². The van der Waals surface area contributed by atoms with E-state index in [4.69, 9.17) is 21.2 Å². The second-order valence-corrected chi connectivity index (χ2v) is 6.56. The highest BCUT2D eigenvalue weighted by atomic mass is 79.9. The van der Waals surface area contributed by atoms with E-state index in [1.165, 1.54) is 6.07 Å². The molecule has 0 radical (unpaired) electrons. The Hall–Kier alpha value is -1.02. The lowest BCUT2D eigenvalue weighted by Crippen LogP contribution is -2.10. The SMILES string of the molecule is NS(=O)(=O)c1ccc(CNc2ccc(Br)cc2Cl)o1. The molecule has 0 saturated carbocycles. The van der Waals surface area contributed by atoms with Gasteiger partial charge in [-0.3, -0.25) is 0 Å². The van der Waals surface area contributed by atoms with Crippen molar-refractivity contribution in [1.82, 2.24) is 0 Å². The minimum absolute atomic E-state index is 0.258. The van der Waals surface area contributed by atoms with E-state index >= 15 is 0 Å². The first-order chi connectivity index (χ1) is 8.86. The Bertz CT molecular complexity index is 700. The molecule has 0 atom stereocenters. The number of sulfonamides is 1. The number of furan rings is 1. The molecule has 0 fully saturated rings. The van der Waals surface area contributed by atoms with E-state index in [1.54, 1.807) is 18.2 Å². The van der Waals surface area contributed by atoms with Gasteiger partial charge in [-0.05, 0) is 30.3 Å². The fourth-order valence-corrected chi connectivity index (χ4v) is 2.64. The normalized spacial score (nSPS) is 11.5. The largest absolute Gasteiger partial charge is 0.446 e. The third kappa shape index (κ3) is 3.73. The molecular weight excluding hydrogens is 356 g/mol. The van der Waals surface area contributed by atoms with Crippen LogP contribution >= 0.6 is 27.5 Å². The average Bonchev–Trinajstić information content (AvgIpc) is 2.76. The van der Waals surface area contributed by atoms with Gasteiger partial charge in [0.05, 0.1) is 17.3 Å². The van der Waals surface area contributed by atoms with E-state index in [-0.39, 0.29) is 5.09 Å². The average molecular weight is 366 g/mol. The van der Waals surface area contributed by atoms with Gasteiger partial charge in [0.1, 0.15) is 5.76 Å². The molecule has 19 heavy (non-hydrogen) atoms. The maximum atomic E-state index is 11.0. The summed E-state index contributed by atoms with van der Waals surface area (Å²) < 4.78 is 28.1. The molecule has 0 spiro atoms. The van der Waals surface area contributed by atoms with E-state index in [1.807, 2.05) is 6.07 Å². The van der Waals surface area contributed by atoms with Crippen molar-refractivity contribution in [3.63, 3.8) is 0 Å². The first-order valence-corrected chi connectivity index (χ1v) is 7.88. The maximum absolute atomic E-state index is 11.0. The summed E-state index contributed by atoms with van der Waals surface area (Å²) in [7, 11) is -3.81. The highest BCUT2D eigenvalue weighted by Gasteiger charge is 2.13. The fraction of sp³-hybridized carbons (Fsp3) is 0.0909. The predicted octanol–water partition coefficient (Wildman–Crippen LogP) is 2.96. The van der Waals surface area contributed by atoms with Crippen LogP contribution in [-0.2, 0) is 16.6 Å². The Morgan fingerprint density at radius 1 is 1.32 bits per heavy atom. The molecule has 0 bridgehead atoms. The number of rotatable bonds is 4. The molecule has 1 heterocycles. The highest BCUT2D eigenvalue weighted by molar-refractivity contribution is 9.10. The molecule has 0 aliphatic carbocycles. The van der Waals surface area contributed by atoms with E-state index in [2.05, 4.69) is 21.2 Å². The number of benzene rings is 1. The number of anilines is 1. The Balaban J connectivity index is 2.09. The zero-order valence-electron chi connectivity index (χ0n) is 9.56. The smallest absolute Gasteiger partial charge is 0.271 e. The van der Waals surface area contributed by atoms with Crippen LogP contribution in [0.1, 0.15) is 5.76 Å². The lowest BCUT2D eigenvalue weighted by atomic mass is 10.3. The zero-order chi connectivity index (χ0) is 14.0. The van der Waals surface area contributed by atoms with Crippen LogP contribution < -0.4 is 10.5 Å². The Morgan fingerprint density at radius 2 is 2.05 bits per heavy atom. The summed E-state index contributed by atoms with van der Waals surface area (Å²) in [6.45, 7) is 0.302. The van der Waals surface area contributed by atoms with Gasteiger partial charge in [0.2, 0.25) is 5.09 Å². The molecule has 102 valence electrons. The van der Waals surface area contributed by atoms with E-state index < -0.39 is 10.0 Å². The van der Waals surface area contributed by atoms with Crippen molar-refractivity contribution in [3.05, 3.63) is 45.6 Å². The van der Waals surface area contributed by atoms with E-state index in [0.29, 0.717) is 17.3 Å². The van der Waals surface area contributed by atoms with Gasteiger partial charge in [0, 0.05) is 4.47 Å². The van der Waals surface area contributed by atoms with Crippen LogP contribution in [0.25, 0.3) is 0 Å². The van der Waals surface area contributed by atoms with Crippen LogP contribution in [-0.4, -0.2) is 8.42 Å². The summed E-state index contributed by atoms with van der Waals surface area (Å²) in [4.78, 5) is 0. The molecule has 3 N–H and O–H groups in total. The minimum atomic E-state index is -3.81. The quantitative estimate of drug-likeness (QED) is 0.872. The van der Waals surface area contributed by atoms with Gasteiger partial charge in [-0.25, -0.2) is 13.6 Å². The first kappa shape index (κ1) is 14.4. The summed E-state index contributed by atoms with van der Waals surface area (Å²) >= 11 is 9.34. The number of halogens is 2. The van der Waals surface area contributed by atoms with E-state index in [0.717, 1.165) is 10.2 Å². The van der Waals surface area contributed by atoms with Gasteiger partial charge >= 0.3 is 0 Å². The lowest BCUT2D eigenvalue weighted by Gasteiger charge is -2.06. The van der Waals surface area contributed by atoms with Crippen molar-refractivity contribution in [2.24, 2.45) is 5.14 Å². The molecule has 0 aliphatic rings. The summed E-state index contributed by atoms with van der Waals surface area (Å²) in [6, 6.07) is 8.25. The van der Waals surface area contributed by atoms with Crippen molar-refractivity contribution < 1.29 is 12.8 Å². The number of nitrogens with two attached hydrogens (primary N) is 1. The summed E-state index contributed by atoms with van der Waals surface area (Å²) in [5, 5.41) is 8.28. The topological polar surface area (TPSA) is 85.3 Å². The summed E-state index contributed by atoms with van der Waals surface area (Å²) in [6.07, 6.45) is 0. The van der Waals surface area contributed by atoms with Crippen molar-refractivity contribution >= 4 is 43.2 Å². The molecule has 1 aromatic carbocycles. The second kappa shape index (κ2) is 5.54. The van der Waals surface area contributed by atoms with Gasteiger partial charge in [-0.1, -0.05) is 27.5 Å². The zero-order valence-corrected chi connectivity index (χ0v) is 12.7. The molecule has 1 aromatic heterocycles. The molecule has 0 aliphatic heterocycles. The van der Waals surface area contributed by atoms with Gasteiger partial charge in [0.25, 0.3) is 10.0 Å². The maximum Gasteiger partial charge on any atom is 0.271 e. The van der Waals surface area contributed by atoms with Crippen LogP contribution in [0.4, 0.5) is 5.69 Å². The summed E-state index contributed by atoms with van der Waals surface area (Å²) in [5.74, 6) is 0.447. The van der Waals surface area contributed by atoms with E-state index in [9.17, 15) is 8.42 Å². The van der Waals surface area contributed by atoms with Crippen molar-refractivity contribution in [1.29, 1.82) is 0 Å². The first-order valence-electron chi connectivity index (χ1n) is 5.17. The lowest BCUT2D eigenvalue weighted by molar-refractivity contribution is 0.419. The van der Waals surface area contributed by atoms with Crippen LogP contribution in [0.5, 0.6) is 0 Å². The van der Waals surface area contributed by atoms with Crippen molar-refractivity contribution in [2.75, 3.05) is 5.32 Å². The van der Waals surface area contributed by atoms with Crippen molar-refractivity contribution in [2.45, 2.75) is 11.6 Å². The van der Waals surface area contributed by atoms with Gasteiger partial charge in [-0.2, -0.15) is 0 Å². The summed E-state index contributed by atoms with van der Waals surface area (Å²) in [5.41, 5.74) is 0.721. The fourth-order valence-electron chi connectivity index (χ4n) is 1.42. The molecule has 0 amide bonds. The Labute approximate surface area is 123 Å². The second-order valence-electron chi connectivity index (χ2n) is 3.74. The highest BCUT2D eigenvalue weighted by Crippen LogP contribution is 2.26. The molecule has 0 unspecified atom stereocenters. The standard InChI is InChI=1S/C11H10BrClN2O3S/c12-7-1-3-10(9(13)5-7)15-6-8-2-4-11(18-8)19(14,16)17/h1-5,15H,6H2,(H2,14,16,17). The minimum Gasteiger partial charge on any atom is -0.446 e. The molecule has 2 rings (SSSR count). The third-order valence-electron chi connectivity index (χ3n) is 2.30. The number of primary sulfonamides is 1. The Morgan fingerprint density at radius 3 is 2.63 bits per heavy atom. The van der Waals surface area contributed by atoms with Crippen molar-refractivity contribution in [3.8, 4) is 0 Å². The number of hydrogen-bond acceptors (Lipinski definition) is 4. The molecule has 5 nitrogen and oxygen atoms in total. The number of nitrogens with one attached hydrogen (secondary N) is 1. The molecule has 8 heteroatoms. The monoisotopic (exact) mass is 364 g/mol. The van der Waals surface area contributed by atoms with Crippen LogP contribution in [0.2, 0.25) is 5.02 Å². The van der Waals surface area contributed by atoms with Crippen LogP contribution in [0, 0.1) is 0 Å². The van der Waals surface area contributed by atoms with Crippen LogP contribution in [0.15, 0.2) is 44.3 Å². The molecule has 0 saturated heterocycles. The predicted molar refractivity (Wildman–Crippen MR) is 76.6 cm³/mol. The Kier molecular flexibility index (Phi) is 4.19. The van der Waals surface area contributed by atoms with Gasteiger partial charge < -0.3 is 9.73 Å².